The Kier molecular flexibility index (Phi) is 10.6. The third kappa shape index (κ3) is 7.49. The molecule has 8 heteroatoms. The van der Waals surface area contributed by atoms with Gasteiger partial charge in [0.05, 0.1) is 11.4 Å². The van der Waals surface area contributed by atoms with E-state index in [0.717, 1.165) is 18.1 Å². The summed E-state index contributed by atoms with van der Waals surface area (Å²) in [5, 5.41) is 6.43. The molecule has 0 atom stereocenters. The van der Waals surface area contributed by atoms with Gasteiger partial charge >= 0.3 is 0 Å². The standard InChI is InChI=1S/C17H30N4O2S.HI/c1-7-18-17(20-13(2)3)19-12-15-8-10-16(11-9-15)24(22,23)21(6)14(4)5;/h8-11,13-14H,7,12H2,1-6H3,(H2,18,19,20);1H. The van der Waals surface area contributed by atoms with Crippen LogP contribution in [0.5, 0.6) is 0 Å². The van der Waals surface area contributed by atoms with Crippen molar-refractivity contribution in [3.63, 3.8) is 0 Å². The predicted molar refractivity (Wildman–Crippen MR) is 115 cm³/mol. The fraction of sp³-hybridized carbons (Fsp3) is 0.588. The lowest BCUT2D eigenvalue weighted by molar-refractivity contribution is 0.410. The van der Waals surface area contributed by atoms with Crippen LogP contribution < -0.4 is 10.6 Å². The van der Waals surface area contributed by atoms with Gasteiger partial charge in [0.1, 0.15) is 0 Å². The van der Waals surface area contributed by atoms with Crippen LogP contribution in [0, 0.1) is 0 Å². The highest BCUT2D eigenvalue weighted by atomic mass is 127. The monoisotopic (exact) mass is 482 g/mol. The minimum atomic E-state index is -3.44. The second-order valence-electron chi connectivity index (χ2n) is 6.25. The SMILES string of the molecule is CCNC(=NCc1ccc(S(=O)(=O)N(C)C(C)C)cc1)NC(C)C.I. The zero-order valence-electron chi connectivity index (χ0n) is 15.9. The molecule has 0 aliphatic carbocycles. The maximum absolute atomic E-state index is 12.4. The molecule has 0 saturated carbocycles. The average Bonchev–Trinajstić information content (AvgIpc) is 2.51. The number of nitrogens with zero attached hydrogens (tertiary/aromatic N) is 2. The second-order valence-corrected chi connectivity index (χ2v) is 8.25. The van der Waals surface area contributed by atoms with Gasteiger partial charge in [-0.3, -0.25) is 0 Å². The number of guanidine groups is 1. The first-order chi connectivity index (χ1) is 11.2. The molecule has 0 spiro atoms. The first-order valence-electron chi connectivity index (χ1n) is 8.30. The average molecular weight is 482 g/mol. The van der Waals surface area contributed by atoms with E-state index in [2.05, 4.69) is 29.5 Å². The topological polar surface area (TPSA) is 73.8 Å². The highest BCUT2D eigenvalue weighted by Crippen LogP contribution is 2.17. The van der Waals surface area contributed by atoms with Crippen LogP contribution in [0.15, 0.2) is 34.2 Å². The number of benzene rings is 1. The van der Waals surface area contributed by atoms with Gasteiger partial charge in [-0.15, -0.1) is 24.0 Å². The van der Waals surface area contributed by atoms with E-state index >= 15 is 0 Å². The summed E-state index contributed by atoms with van der Waals surface area (Å²) in [7, 11) is -1.84. The van der Waals surface area contributed by atoms with Crippen molar-refractivity contribution < 1.29 is 8.42 Å². The lowest BCUT2D eigenvalue weighted by Gasteiger charge is -2.21. The summed E-state index contributed by atoms with van der Waals surface area (Å²) in [5.41, 5.74) is 0.960. The van der Waals surface area contributed by atoms with Gasteiger partial charge in [0.2, 0.25) is 10.0 Å². The quantitative estimate of drug-likeness (QED) is 0.356. The normalized spacial score (nSPS) is 12.4. The molecule has 0 aliphatic heterocycles. The van der Waals surface area contributed by atoms with E-state index in [0.29, 0.717) is 17.5 Å². The van der Waals surface area contributed by atoms with E-state index in [1.807, 2.05) is 32.9 Å². The second kappa shape index (κ2) is 11.0. The molecular weight excluding hydrogens is 451 g/mol. The Balaban J connectivity index is 0.00000576. The van der Waals surface area contributed by atoms with Crippen LogP contribution in [0.4, 0.5) is 0 Å². The van der Waals surface area contributed by atoms with Crippen LogP contribution in [0.2, 0.25) is 0 Å². The lowest BCUT2D eigenvalue weighted by Crippen LogP contribution is -2.41. The number of sulfonamides is 1. The van der Waals surface area contributed by atoms with Gasteiger partial charge in [0.15, 0.2) is 5.96 Å². The molecule has 1 aromatic rings. The van der Waals surface area contributed by atoms with Crippen molar-refractivity contribution in [2.24, 2.45) is 4.99 Å². The number of hydrogen-bond donors (Lipinski definition) is 2. The van der Waals surface area contributed by atoms with Gasteiger partial charge in [-0.2, -0.15) is 4.31 Å². The molecule has 0 fully saturated rings. The van der Waals surface area contributed by atoms with Crippen molar-refractivity contribution >= 4 is 40.0 Å². The predicted octanol–water partition coefficient (Wildman–Crippen LogP) is 2.80. The van der Waals surface area contributed by atoms with E-state index in [4.69, 9.17) is 0 Å². The number of rotatable bonds is 7. The minimum absolute atomic E-state index is 0. The van der Waals surface area contributed by atoms with Gasteiger partial charge in [-0.1, -0.05) is 12.1 Å². The fourth-order valence-electron chi connectivity index (χ4n) is 1.97. The van der Waals surface area contributed by atoms with E-state index in [-0.39, 0.29) is 30.0 Å². The van der Waals surface area contributed by atoms with Crippen molar-refractivity contribution in [1.29, 1.82) is 0 Å². The maximum atomic E-state index is 12.4. The minimum Gasteiger partial charge on any atom is -0.357 e. The highest BCUT2D eigenvalue weighted by molar-refractivity contribution is 14.0. The Morgan fingerprint density at radius 3 is 2.16 bits per heavy atom. The molecule has 0 aromatic heterocycles. The van der Waals surface area contributed by atoms with Gasteiger partial charge < -0.3 is 10.6 Å². The molecule has 1 aromatic carbocycles. The first-order valence-corrected chi connectivity index (χ1v) is 9.74. The summed E-state index contributed by atoms with van der Waals surface area (Å²) in [6.45, 7) is 11.1. The molecule has 144 valence electrons. The van der Waals surface area contributed by atoms with Crippen molar-refractivity contribution in [2.45, 2.75) is 58.1 Å². The summed E-state index contributed by atoms with van der Waals surface area (Å²) in [5.74, 6) is 0.753. The van der Waals surface area contributed by atoms with Gasteiger partial charge in [0.25, 0.3) is 0 Å². The van der Waals surface area contributed by atoms with Gasteiger partial charge in [0, 0.05) is 25.7 Å². The van der Waals surface area contributed by atoms with Gasteiger partial charge in [-0.25, -0.2) is 13.4 Å². The number of nitrogens with one attached hydrogen (secondary N) is 2. The summed E-state index contributed by atoms with van der Waals surface area (Å²) in [4.78, 5) is 4.82. The van der Waals surface area contributed by atoms with Crippen molar-refractivity contribution in [3.8, 4) is 0 Å². The molecule has 25 heavy (non-hydrogen) atoms. The van der Waals surface area contributed by atoms with Crippen LogP contribution in [-0.4, -0.2) is 44.4 Å². The summed E-state index contributed by atoms with van der Waals surface area (Å²) in [6, 6.07) is 7.11. The van der Waals surface area contributed by atoms with Crippen LogP contribution >= 0.6 is 24.0 Å². The third-order valence-corrected chi connectivity index (χ3v) is 5.56. The van der Waals surface area contributed by atoms with Crippen molar-refractivity contribution in [2.75, 3.05) is 13.6 Å². The van der Waals surface area contributed by atoms with E-state index < -0.39 is 10.0 Å². The van der Waals surface area contributed by atoms with Crippen molar-refractivity contribution in [3.05, 3.63) is 29.8 Å². The molecule has 0 saturated heterocycles. The molecule has 0 heterocycles. The molecule has 0 aliphatic rings. The van der Waals surface area contributed by atoms with Crippen LogP contribution in [-0.2, 0) is 16.6 Å². The number of hydrogen-bond acceptors (Lipinski definition) is 3. The van der Waals surface area contributed by atoms with Gasteiger partial charge in [-0.05, 0) is 52.3 Å². The van der Waals surface area contributed by atoms with Crippen LogP contribution in [0.3, 0.4) is 0 Å². The van der Waals surface area contributed by atoms with E-state index in [1.165, 1.54) is 4.31 Å². The maximum Gasteiger partial charge on any atom is 0.243 e. The Morgan fingerprint density at radius 2 is 1.72 bits per heavy atom. The number of aliphatic imine (C=N–C) groups is 1. The molecule has 0 amide bonds. The number of halogens is 1. The Morgan fingerprint density at radius 1 is 1.16 bits per heavy atom. The summed E-state index contributed by atoms with van der Waals surface area (Å²) in [6.07, 6.45) is 0. The third-order valence-electron chi connectivity index (χ3n) is 3.52. The smallest absolute Gasteiger partial charge is 0.243 e. The fourth-order valence-corrected chi connectivity index (χ4v) is 3.34. The van der Waals surface area contributed by atoms with E-state index in [9.17, 15) is 8.42 Å². The zero-order valence-corrected chi connectivity index (χ0v) is 19.1. The van der Waals surface area contributed by atoms with Crippen LogP contribution in [0.25, 0.3) is 0 Å². The molecular formula is C17H31IN4O2S. The molecule has 6 nitrogen and oxygen atoms in total. The molecule has 0 radical (unpaired) electrons. The van der Waals surface area contributed by atoms with E-state index in [1.54, 1.807) is 19.2 Å². The zero-order chi connectivity index (χ0) is 18.3. The Bertz CT molecular complexity index is 643. The highest BCUT2D eigenvalue weighted by Gasteiger charge is 2.22. The van der Waals surface area contributed by atoms with Crippen molar-refractivity contribution in [1.82, 2.24) is 14.9 Å². The summed E-state index contributed by atoms with van der Waals surface area (Å²) < 4.78 is 26.2. The molecule has 1 rings (SSSR count). The first kappa shape index (κ1) is 24.1. The Hall–Kier alpha value is -0.870. The molecule has 0 bridgehead atoms. The summed E-state index contributed by atoms with van der Waals surface area (Å²) >= 11 is 0. The molecule has 0 unspecified atom stereocenters. The van der Waals surface area contributed by atoms with Crippen LogP contribution in [0.1, 0.15) is 40.2 Å². The largest absolute Gasteiger partial charge is 0.357 e. The lowest BCUT2D eigenvalue weighted by atomic mass is 10.2. The molecule has 2 N–H and O–H groups in total. The Labute approximate surface area is 169 Å².